The van der Waals surface area contributed by atoms with Crippen molar-refractivity contribution in [3.8, 4) is 0 Å². The molecule has 0 radical (unpaired) electrons. The number of hydrogen-bond acceptors (Lipinski definition) is 5. The number of hydrogen-bond donors (Lipinski definition) is 2. The van der Waals surface area contributed by atoms with Gasteiger partial charge in [-0.3, -0.25) is 4.90 Å². The topological polar surface area (TPSA) is 66.5 Å². The van der Waals surface area contributed by atoms with Gasteiger partial charge in [0.15, 0.2) is 0 Å². The second kappa shape index (κ2) is 8.43. The molecule has 0 aliphatic carbocycles. The van der Waals surface area contributed by atoms with Gasteiger partial charge in [-0.1, -0.05) is 11.6 Å². The predicted octanol–water partition coefficient (Wildman–Crippen LogP) is 2.95. The molecular weight excluding hydrogens is 348 g/mol. The Morgan fingerprint density at radius 3 is 2.79 bits per heavy atom. The third-order valence-corrected chi connectivity index (χ3v) is 4.74. The van der Waals surface area contributed by atoms with Crippen LogP contribution >= 0.6 is 22.9 Å². The number of halogens is 1. The van der Waals surface area contributed by atoms with E-state index in [-0.39, 0.29) is 6.03 Å². The second-order valence-electron chi connectivity index (χ2n) is 5.44. The van der Waals surface area contributed by atoms with Crippen molar-refractivity contribution in [2.45, 2.75) is 13.1 Å². The van der Waals surface area contributed by atoms with Crippen molar-refractivity contribution in [3.05, 3.63) is 45.4 Å². The zero-order valence-electron chi connectivity index (χ0n) is 13.1. The minimum atomic E-state index is -0.262. The van der Waals surface area contributed by atoms with Crippen LogP contribution in [0.15, 0.2) is 29.6 Å². The second-order valence-corrected chi connectivity index (χ2v) is 6.81. The molecular formula is C16H19ClN4O2S. The molecule has 1 aliphatic heterocycles. The number of ether oxygens (including phenoxy) is 1. The fourth-order valence-electron chi connectivity index (χ4n) is 2.36. The number of anilines is 1. The van der Waals surface area contributed by atoms with E-state index < -0.39 is 0 Å². The highest BCUT2D eigenvalue weighted by atomic mass is 35.5. The quantitative estimate of drug-likeness (QED) is 0.853. The molecule has 0 unspecified atom stereocenters. The molecule has 0 bridgehead atoms. The van der Waals surface area contributed by atoms with Crippen molar-refractivity contribution >= 4 is 34.7 Å². The molecule has 3 rings (SSSR count). The monoisotopic (exact) mass is 366 g/mol. The number of carbonyl (C=O) groups excluding carboxylic acids is 1. The Labute approximate surface area is 149 Å². The molecule has 128 valence electrons. The van der Waals surface area contributed by atoms with Crippen molar-refractivity contribution in [1.82, 2.24) is 15.2 Å². The Hall–Kier alpha value is -1.67. The number of rotatable bonds is 5. The Morgan fingerprint density at radius 2 is 2.04 bits per heavy atom. The van der Waals surface area contributed by atoms with Gasteiger partial charge in [0.05, 0.1) is 25.5 Å². The lowest BCUT2D eigenvalue weighted by Crippen LogP contribution is -2.35. The summed E-state index contributed by atoms with van der Waals surface area (Å²) in [7, 11) is 0. The molecule has 24 heavy (non-hydrogen) atoms. The maximum atomic E-state index is 11.9. The smallest absolute Gasteiger partial charge is 0.319 e. The van der Waals surface area contributed by atoms with Gasteiger partial charge in [-0.2, -0.15) is 0 Å². The molecule has 0 spiro atoms. The molecule has 8 heteroatoms. The summed E-state index contributed by atoms with van der Waals surface area (Å²) in [4.78, 5) is 18.8. The fraction of sp³-hybridized carbons (Fsp3) is 0.375. The number of nitrogens with one attached hydrogen (secondary N) is 2. The molecule has 1 saturated heterocycles. The highest BCUT2D eigenvalue weighted by molar-refractivity contribution is 7.09. The first-order valence-electron chi connectivity index (χ1n) is 7.73. The zero-order valence-corrected chi connectivity index (χ0v) is 14.7. The Bertz CT molecular complexity index is 671. The largest absolute Gasteiger partial charge is 0.379 e. The number of urea groups is 1. The van der Waals surface area contributed by atoms with Gasteiger partial charge in [-0.25, -0.2) is 9.78 Å². The summed E-state index contributed by atoms with van der Waals surface area (Å²) >= 11 is 7.38. The molecule has 2 aromatic rings. The highest BCUT2D eigenvalue weighted by Crippen LogP contribution is 2.14. The number of amides is 2. The lowest BCUT2D eigenvalue weighted by Gasteiger charge is -2.25. The first kappa shape index (κ1) is 17.2. The van der Waals surface area contributed by atoms with Gasteiger partial charge in [0.1, 0.15) is 5.01 Å². The lowest BCUT2D eigenvalue weighted by atomic mass is 10.3. The van der Waals surface area contributed by atoms with E-state index in [4.69, 9.17) is 16.3 Å². The number of nitrogens with zero attached hydrogens (tertiary/aromatic N) is 2. The van der Waals surface area contributed by atoms with Crippen LogP contribution in [-0.4, -0.2) is 42.2 Å². The number of aromatic nitrogens is 1. The summed E-state index contributed by atoms with van der Waals surface area (Å²) in [5.74, 6) is 0. The van der Waals surface area contributed by atoms with Crippen molar-refractivity contribution in [2.75, 3.05) is 31.6 Å². The molecule has 1 aliphatic rings. The molecule has 1 aromatic heterocycles. The van der Waals surface area contributed by atoms with Gasteiger partial charge in [0.25, 0.3) is 0 Å². The zero-order chi connectivity index (χ0) is 16.8. The van der Waals surface area contributed by atoms with Crippen molar-refractivity contribution < 1.29 is 9.53 Å². The Kier molecular flexibility index (Phi) is 6.03. The van der Waals surface area contributed by atoms with Gasteiger partial charge >= 0.3 is 6.03 Å². The summed E-state index contributed by atoms with van der Waals surface area (Å²) in [5, 5.41) is 9.14. The lowest BCUT2D eigenvalue weighted by molar-refractivity contribution is 0.0337. The van der Waals surface area contributed by atoms with E-state index in [0.717, 1.165) is 43.5 Å². The van der Waals surface area contributed by atoms with Gasteiger partial charge in [0, 0.05) is 35.7 Å². The van der Waals surface area contributed by atoms with Crippen LogP contribution in [-0.2, 0) is 17.8 Å². The first-order chi connectivity index (χ1) is 11.7. The van der Waals surface area contributed by atoms with Crippen LogP contribution in [0, 0.1) is 0 Å². The average Bonchev–Trinajstić information content (AvgIpc) is 3.03. The maximum Gasteiger partial charge on any atom is 0.319 e. The fourth-order valence-corrected chi connectivity index (χ4v) is 3.21. The maximum absolute atomic E-state index is 11.9. The Morgan fingerprint density at radius 1 is 1.29 bits per heavy atom. The van der Waals surface area contributed by atoms with Crippen LogP contribution in [0.25, 0.3) is 0 Å². The molecule has 0 saturated carbocycles. The minimum Gasteiger partial charge on any atom is -0.379 e. The highest BCUT2D eigenvalue weighted by Gasteiger charge is 2.12. The summed E-state index contributed by atoms with van der Waals surface area (Å²) in [6.45, 7) is 4.68. The van der Waals surface area contributed by atoms with Crippen LogP contribution in [0.3, 0.4) is 0 Å². The number of thiazole rings is 1. The molecule has 1 fully saturated rings. The molecule has 2 amide bonds. The molecule has 6 nitrogen and oxygen atoms in total. The molecule has 2 heterocycles. The molecule has 1 aromatic carbocycles. The summed E-state index contributed by atoms with van der Waals surface area (Å²) < 4.78 is 5.34. The number of benzene rings is 1. The van der Waals surface area contributed by atoms with Gasteiger partial charge in [-0.15, -0.1) is 11.3 Å². The first-order valence-corrected chi connectivity index (χ1v) is 8.98. The third kappa shape index (κ3) is 5.17. The summed E-state index contributed by atoms with van der Waals surface area (Å²) in [5.41, 5.74) is 1.74. The third-order valence-electron chi connectivity index (χ3n) is 3.59. The van der Waals surface area contributed by atoms with E-state index in [1.807, 2.05) is 5.38 Å². The Balaban J connectivity index is 1.44. The van der Waals surface area contributed by atoms with Crippen LogP contribution < -0.4 is 10.6 Å². The summed E-state index contributed by atoms with van der Waals surface area (Å²) in [6, 6.07) is 6.71. The number of carbonyl (C=O) groups is 1. The van der Waals surface area contributed by atoms with Crippen molar-refractivity contribution in [3.63, 3.8) is 0 Å². The average molecular weight is 367 g/mol. The van der Waals surface area contributed by atoms with Crippen LogP contribution in [0.4, 0.5) is 10.5 Å². The molecule has 2 N–H and O–H groups in total. The van der Waals surface area contributed by atoms with E-state index in [9.17, 15) is 4.79 Å². The van der Waals surface area contributed by atoms with E-state index in [2.05, 4.69) is 20.5 Å². The van der Waals surface area contributed by atoms with Gasteiger partial charge in [0.2, 0.25) is 0 Å². The van der Waals surface area contributed by atoms with Gasteiger partial charge < -0.3 is 15.4 Å². The molecule has 0 atom stereocenters. The minimum absolute atomic E-state index is 0.262. The van der Waals surface area contributed by atoms with Crippen LogP contribution in [0.5, 0.6) is 0 Å². The standard InChI is InChI=1S/C16H19ClN4O2S/c17-12-1-3-13(4-2-12)20-16(22)18-9-15-19-14(11-24-15)10-21-5-7-23-8-6-21/h1-4,11H,5-10H2,(H2,18,20,22). The van der Waals surface area contributed by atoms with Crippen LogP contribution in [0.1, 0.15) is 10.7 Å². The number of morpholine rings is 1. The van der Waals surface area contributed by atoms with Crippen molar-refractivity contribution in [1.29, 1.82) is 0 Å². The SMILES string of the molecule is O=C(NCc1nc(CN2CCOCC2)cs1)Nc1ccc(Cl)cc1. The van der Waals surface area contributed by atoms with E-state index >= 15 is 0 Å². The normalized spacial score (nSPS) is 15.2. The van der Waals surface area contributed by atoms with Gasteiger partial charge in [-0.05, 0) is 24.3 Å². The van der Waals surface area contributed by atoms with E-state index in [0.29, 0.717) is 17.3 Å². The van der Waals surface area contributed by atoms with Crippen LogP contribution in [0.2, 0.25) is 5.02 Å². The summed E-state index contributed by atoms with van der Waals surface area (Å²) in [6.07, 6.45) is 0. The van der Waals surface area contributed by atoms with E-state index in [1.165, 1.54) is 0 Å². The van der Waals surface area contributed by atoms with E-state index in [1.54, 1.807) is 35.6 Å². The van der Waals surface area contributed by atoms with Crippen molar-refractivity contribution in [2.24, 2.45) is 0 Å². The predicted molar refractivity (Wildman–Crippen MR) is 95.5 cm³/mol.